The number of carbonyl (C=O) groups is 1. The molecule has 0 N–H and O–H groups in total. The first kappa shape index (κ1) is 25.7. The number of nitrogens with zero attached hydrogens (tertiary/aromatic N) is 5. The van der Waals surface area contributed by atoms with Crippen LogP contribution in [0, 0.1) is 0 Å². The third kappa shape index (κ3) is 5.22. The van der Waals surface area contributed by atoms with Gasteiger partial charge in [-0.25, -0.2) is 4.98 Å². The molecule has 3 aromatic carbocycles. The van der Waals surface area contributed by atoms with Gasteiger partial charge in [-0.05, 0) is 23.7 Å². The number of likely N-dealkylation sites (N-methyl/N-ethyl adjacent to an activating group) is 1. The van der Waals surface area contributed by atoms with Crippen molar-refractivity contribution >= 4 is 22.4 Å². The van der Waals surface area contributed by atoms with Crippen LogP contribution in [0.4, 0.5) is 5.13 Å². The Morgan fingerprint density at radius 1 is 0.795 bits per heavy atom. The highest BCUT2D eigenvalue weighted by atomic mass is 32.1. The van der Waals surface area contributed by atoms with Crippen molar-refractivity contribution in [3.8, 4) is 0 Å². The predicted octanol–water partition coefficient (Wildman–Crippen LogP) is 4.80. The third-order valence-corrected chi connectivity index (χ3v) is 8.92. The molecular weight excluding hydrogens is 502 g/mol. The molecule has 0 radical (unpaired) electrons. The van der Waals surface area contributed by atoms with Crippen molar-refractivity contribution in [1.82, 2.24) is 19.7 Å². The molecule has 2 aliphatic rings. The molecule has 0 unspecified atom stereocenters. The van der Waals surface area contributed by atoms with E-state index in [-0.39, 0.29) is 5.91 Å². The van der Waals surface area contributed by atoms with Crippen molar-refractivity contribution in [3.05, 3.63) is 119 Å². The van der Waals surface area contributed by atoms with Crippen molar-refractivity contribution in [1.29, 1.82) is 0 Å². The summed E-state index contributed by atoms with van der Waals surface area (Å²) in [6.45, 7) is 6.98. The molecule has 2 fully saturated rings. The largest absolute Gasteiger partial charge is 0.346 e. The van der Waals surface area contributed by atoms with Gasteiger partial charge in [-0.3, -0.25) is 9.69 Å². The van der Waals surface area contributed by atoms with Gasteiger partial charge in [0.1, 0.15) is 11.2 Å². The number of thiazole rings is 1. The maximum atomic E-state index is 14.2. The van der Waals surface area contributed by atoms with E-state index in [4.69, 9.17) is 4.98 Å². The highest BCUT2D eigenvalue weighted by Crippen LogP contribution is 2.40. The van der Waals surface area contributed by atoms with E-state index in [1.54, 1.807) is 11.3 Å². The molecule has 1 aromatic heterocycles. The maximum absolute atomic E-state index is 14.2. The molecule has 2 saturated heterocycles. The van der Waals surface area contributed by atoms with Crippen LogP contribution in [0.5, 0.6) is 0 Å². The van der Waals surface area contributed by atoms with Gasteiger partial charge in [0.05, 0.1) is 0 Å². The quantitative estimate of drug-likeness (QED) is 0.354. The molecular formula is C32H35N5OS. The van der Waals surface area contributed by atoms with E-state index in [1.165, 1.54) is 5.56 Å². The van der Waals surface area contributed by atoms with E-state index < -0.39 is 5.54 Å². The van der Waals surface area contributed by atoms with Gasteiger partial charge in [0.25, 0.3) is 5.91 Å². The number of amides is 1. The van der Waals surface area contributed by atoms with E-state index >= 15 is 0 Å². The Kier molecular flexibility index (Phi) is 7.46. The summed E-state index contributed by atoms with van der Waals surface area (Å²) in [5, 5.41) is 2.89. The van der Waals surface area contributed by atoms with E-state index in [1.807, 2.05) is 17.5 Å². The Morgan fingerprint density at radius 2 is 1.38 bits per heavy atom. The molecule has 39 heavy (non-hydrogen) atoms. The zero-order chi connectivity index (χ0) is 26.7. The summed E-state index contributed by atoms with van der Waals surface area (Å²) in [5.74, 6) is 0.000944. The van der Waals surface area contributed by atoms with Crippen LogP contribution in [0.25, 0.3) is 0 Å². The number of aromatic nitrogens is 1. The number of benzene rings is 3. The fourth-order valence-corrected chi connectivity index (χ4v) is 6.82. The summed E-state index contributed by atoms with van der Waals surface area (Å²) >= 11 is 1.58. The van der Waals surface area contributed by atoms with Crippen molar-refractivity contribution in [2.75, 3.05) is 57.8 Å². The van der Waals surface area contributed by atoms with Gasteiger partial charge in [0.15, 0.2) is 5.13 Å². The van der Waals surface area contributed by atoms with Crippen LogP contribution in [0.3, 0.4) is 0 Å². The van der Waals surface area contributed by atoms with Gasteiger partial charge in [0.2, 0.25) is 0 Å². The Bertz CT molecular complexity index is 1330. The van der Waals surface area contributed by atoms with E-state index in [9.17, 15) is 4.79 Å². The number of carbonyl (C=O) groups excluding carboxylic acids is 1. The predicted molar refractivity (Wildman–Crippen MR) is 158 cm³/mol. The maximum Gasteiger partial charge on any atom is 0.274 e. The fourth-order valence-electron chi connectivity index (χ4n) is 5.97. The third-order valence-electron chi connectivity index (χ3n) is 8.02. The van der Waals surface area contributed by atoms with Crippen LogP contribution < -0.4 is 4.90 Å². The van der Waals surface area contributed by atoms with Gasteiger partial charge in [0, 0.05) is 57.7 Å². The minimum absolute atomic E-state index is 0.000944. The first-order valence-electron chi connectivity index (χ1n) is 13.7. The van der Waals surface area contributed by atoms with Crippen LogP contribution in [0.15, 0.2) is 96.4 Å². The standard InChI is InChI=1S/C32H35N5OS/c1-34-17-22-37(32(25-34,27-13-7-3-8-14-27)28-15-9-4-10-16-28)30(38)29-24-39-31(33-29)36-20-18-35(19-21-36)23-26-11-5-2-6-12-26/h2-16,24H,17-23,25H2,1H3. The van der Waals surface area contributed by atoms with Crippen LogP contribution in [0.2, 0.25) is 0 Å². The second-order valence-electron chi connectivity index (χ2n) is 10.6. The lowest BCUT2D eigenvalue weighted by Crippen LogP contribution is -2.61. The van der Waals surface area contributed by atoms with Crippen LogP contribution in [0.1, 0.15) is 27.2 Å². The average Bonchev–Trinajstić information content (AvgIpc) is 3.49. The monoisotopic (exact) mass is 537 g/mol. The summed E-state index contributed by atoms with van der Waals surface area (Å²) in [6.07, 6.45) is 0. The summed E-state index contributed by atoms with van der Waals surface area (Å²) in [5.41, 5.74) is 3.56. The smallest absolute Gasteiger partial charge is 0.274 e. The molecule has 7 heteroatoms. The molecule has 1 amide bonds. The second-order valence-corrected chi connectivity index (χ2v) is 11.4. The number of anilines is 1. The zero-order valence-electron chi connectivity index (χ0n) is 22.4. The number of piperazine rings is 2. The number of hydrogen-bond acceptors (Lipinski definition) is 6. The van der Waals surface area contributed by atoms with E-state index in [2.05, 4.69) is 106 Å². The van der Waals surface area contributed by atoms with Gasteiger partial charge in [-0.15, -0.1) is 11.3 Å². The summed E-state index contributed by atoms with van der Waals surface area (Å²) in [4.78, 5) is 28.4. The van der Waals surface area contributed by atoms with Crippen molar-refractivity contribution in [2.24, 2.45) is 0 Å². The molecule has 4 aromatic rings. The molecule has 0 aliphatic carbocycles. The van der Waals surface area contributed by atoms with Gasteiger partial charge >= 0.3 is 0 Å². The molecule has 200 valence electrons. The summed E-state index contributed by atoms with van der Waals surface area (Å²) < 4.78 is 0. The van der Waals surface area contributed by atoms with E-state index in [0.29, 0.717) is 12.2 Å². The van der Waals surface area contributed by atoms with Crippen molar-refractivity contribution in [2.45, 2.75) is 12.1 Å². The topological polar surface area (TPSA) is 42.9 Å². The highest BCUT2D eigenvalue weighted by Gasteiger charge is 2.47. The minimum Gasteiger partial charge on any atom is -0.346 e. The Morgan fingerprint density at radius 3 is 2.00 bits per heavy atom. The summed E-state index contributed by atoms with van der Waals surface area (Å²) in [6, 6.07) is 31.6. The van der Waals surface area contributed by atoms with Crippen LogP contribution in [-0.4, -0.2) is 78.5 Å². The lowest BCUT2D eigenvalue weighted by atomic mass is 9.79. The Balaban J connectivity index is 1.24. The minimum atomic E-state index is -0.584. The Hall–Kier alpha value is -3.52. The average molecular weight is 538 g/mol. The van der Waals surface area contributed by atoms with Crippen LogP contribution >= 0.6 is 11.3 Å². The molecule has 0 saturated carbocycles. The molecule has 3 heterocycles. The molecule has 2 aliphatic heterocycles. The lowest BCUT2D eigenvalue weighted by molar-refractivity contribution is 0.0239. The molecule has 6 nitrogen and oxygen atoms in total. The van der Waals surface area contributed by atoms with Crippen LogP contribution in [-0.2, 0) is 12.1 Å². The fraction of sp³-hybridized carbons (Fsp3) is 0.312. The zero-order valence-corrected chi connectivity index (χ0v) is 23.3. The van der Waals surface area contributed by atoms with Crippen molar-refractivity contribution < 1.29 is 4.79 Å². The molecule has 0 spiro atoms. The first-order valence-corrected chi connectivity index (χ1v) is 14.6. The van der Waals surface area contributed by atoms with Gasteiger partial charge in [-0.1, -0.05) is 91.0 Å². The summed E-state index contributed by atoms with van der Waals surface area (Å²) in [7, 11) is 2.14. The second kappa shape index (κ2) is 11.3. The van der Waals surface area contributed by atoms with E-state index in [0.717, 1.165) is 62.1 Å². The number of hydrogen-bond donors (Lipinski definition) is 0. The number of rotatable bonds is 6. The lowest BCUT2D eigenvalue weighted by Gasteiger charge is -2.50. The van der Waals surface area contributed by atoms with Gasteiger partial charge < -0.3 is 14.7 Å². The Labute approximate surface area is 235 Å². The normalized spacial score (nSPS) is 18.3. The van der Waals surface area contributed by atoms with Crippen molar-refractivity contribution in [3.63, 3.8) is 0 Å². The molecule has 0 atom stereocenters. The molecule has 6 rings (SSSR count). The first-order chi connectivity index (χ1) is 19.1. The highest BCUT2D eigenvalue weighted by molar-refractivity contribution is 7.13. The molecule has 0 bridgehead atoms. The SMILES string of the molecule is CN1CCN(C(=O)c2csc(N3CCN(Cc4ccccc4)CC3)n2)C(c2ccccc2)(c2ccccc2)C1. The van der Waals surface area contributed by atoms with Gasteiger partial charge in [-0.2, -0.15) is 0 Å².